The predicted molar refractivity (Wildman–Crippen MR) is 77.1 cm³/mol. The Bertz CT molecular complexity index is 375. The van der Waals surface area contributed by atoms with Crippen molar-refractivity contribution >= 4 is 11.4 Å². The molecule has 0 amide bonds. The first kappa shape index (κ1) is 13.1. The quantitative estimate of drug-likeness (QED) is 0.724. The van der Waals surface area contributed by atoms with Gasteiger partial charge >= 0.3 is 0 Å². The highest BCUT2D eigenvalue weighted by molar-refractivity contribution is 5.72. The van der Waals surface area contributed by atoms with E-state index < -0.39 is 0 Å². The van der Waals surface area contributed by atoms with Crippen LogP contribution in [0.1, 0.15) is 39.0 Å². The zero-order valence-corrected chi connectivity index (χ0v) is 11.2. The van der Waals surface area contributed by atoms with Crippen LogP contribution in [-0.4, -0.2) is 13.2 Å². The van der Waals surface area contributed by atoms with E-state index in [1.807, 2.05) is 18.2 Å². The molecule has 3 heteroatoms. The second kappa shape index (κ2) is 6.53. The van der Waals surface area contributed by atoms with E-state index in [1.165, 1.54) is 25.7 Å². The summed E-state index contributed by atoms with van der Waals surface area (Å²) in [7, 11) is 0. The number of nitrogens with two attached hydrogens (primary N) is 1. The molecule has 0 aromatic heterocycles. The van der Waals surface area contributed by atoms with Gasteiger partial charge in [-0.2, -0.15) is 0 Å². The van der Waals surface area contributed by atoms with Gasteiger partial charge in [0.1, 0.15) is 5.75 Å². The van der Waals surface area contributed by atoms with Crippen molar-refractivity contribution in [2.45, 2.75) is 39.0 Å². The highest BCUT2D eigenvalue weighted by Gasteiger charge is 2.16. The fraction of sp³-hybridized carbons (Fsp3) is 0.600. The Hall–Kier alpha value is -1.38. The maximum absolute atomic E-state index is 6.10. The lowest BCUT2D eigenvalue weighted by atomic mass is 9.83. The molecule has 0 radical (unpaired) electrons. The fourth-order valence-electron chi connectivity index (χ4n) is 2.23. The minimum absolute atomic E-state index is 0.718. The molecule has 1 aliphatic rings. The van der Waals surface area contributed by atoms with Crippen LogP contribution in [0, 0.1) is 5.92 Å². The van der Waals surface area contributed by atoms with E-state index in [1.54, 1.807) is 0 Å². The van der Waals surface area contributed by atoms with Crippen molar-refractivity contribution in [3.63, 3.8) is 0 Å². The molecule has 0 atom stereocenters. The number of benzene rings is 1. The number of ether oxygens (including phenoxy) is 1. The van der Waals surface area contributed by atoms with Gasteiger partial charge in [0.15, 0.2) is 0 Å². The van der Waals surface area contributed by atoms with Gasteiger partial charge in [-0.25, -0.2) is 0 Å². The van der Waals surface area contributed by atoms with E-state index in [9.17, 15) is 0 Å². The maximum Gasteiger partial charge on any atom is 0.144 e. The summed E-state index contributed by atoms with van der Waals surface area (Å²) in [6.07, 6.45) is 6.46. The summed E-state index contributed by atoms with van der Waals surface area (Å²) < 4.78 is 5.62. The molecule has 100 valence electrons. The number of nitrogen functional groups attached to an aromatic ring is 1. The van der Waals surface area contributed by atoms with Crippen LogP contribution in [0.3, 0.4) is 0 Å². The second-order valence-electron chi connectivity index (χ2n) is 5.08. The van der Waals surface area contributed by atoms with Crippen LogP contribution < -0.4 is 15.8 Å². The van der Waals surface area contributed by atoms with Gasteiger partial charge in [-0.05, 0) is 30.9 Å². The van der Waals surface area contributed by atoms with Crippen molar-refractivity contribution in [2.24, 2.45) is 5.92 Å². The van der Waals surface area contributed by atoms with Gasteiger partial charge in [0.05, 0.1) is 18.0 Å². The molecule has 1 saturated carbocycles. The second-order valence-corrected chi connectivity index (χ2v) is 5.08. The lowest BCUT2D eigenvalue weighted by Crippen LogP contribution is -2.16. The fourth-order valence-corrected chi connectivity index (χ4v) is 2.23. The Labute approximate surface area is 110 Å². The Morgan fingerprint density at radius 1 is 1.39 bits per heavy atom. The average Bonchev–Trinajstić information content (AvgIpc) is 2.32. The molecule has 0 bridgehead atoms. The third-order valence-electron chi connectivity index (χ3n) is 3.62. The monoisotopic (exact) mass is 248 g/mol. The molecule has 18 heavy (non-hydrogen) atoms. The van der Waals surface area contributed by atoms with Gasteiger partial charge in [0, 0.05) is 6.54 Å². The number of para-hydroxylation sites is 1. The lowest BCUT2D eigenvalue weighted by molar-refractivity contribution is 0.303. The highest BCUT2D eigenvalue weighted by Crippen LogP contribution is 2.31. The molecular formula is C15H24N2O. The van der Waals surface area contributed by atoms with E-state index in [-0.39, 0.29) is 0 Å². The molecule has 0 unspecified atom stereocenters. The molecule has 1 aromatic carbocycles. The van der Waals surface area contributed by atoms with Crippen molar-refractivity contribution in [3.8, 4) is 5.75 Å². The topological polar surface area (TPSA) is 47.3 Å². The van der Waals surface area contributed by atoms with Gasteiger partial charge in [0.25, 0.3) is 0 Å². The molecule has 0 heterocycles. The average molecular weight is 248 g/mol. The molecule has 1 aromatic rings. The first-order chi connectivity index (χ1) is 8.81. The summed E-state index contributed by atoms with van der Waals surface area (Å²) in [6, 6.07) is 5.95. The summed E-state index contributed by atoms with van der Waals surface area (Å²) in [4.78, 5) is 0. The summed E-state index contributed by atoms with van der Waals surface area (Å²) >= 11 is 0. The first-order valence-corrected chi connectivity index (χ1v) is 7.06. The number of rotatable bonds is 7. The van der Waals surface area contributed by atoms with Crippen LogP contribution in [0.4, 0.5) is 11.4 Å². The van der Waals surface area contributed by atoms with E-state index >= 15 is 0 Å². The van der Waals surface area contributed by atoms with Crippen LogP contribution >= 0.6 is 0 Å². The first-order valence-electron chi connectivity index (χ1n) is 7.06. The van der Waals surface area contributed by atoms with Gasteiger partial charge in [-0.1, -0.05) is 32.3 Å². The van der Waals surface area contributed by atoms with Crippen LogP contribution in [0.2, 0.25) is 0 Å². The minimum atomic E-state index is 0.718. The van der Waals surface area contributed by atoms with Crippen LogP contribution in [0.25, 0.3) is 0 Å². The van der Waals surface area contributed by atoms with E-state index in [0.717, 1.165) is 42.6 Å². The zero-order chi connectivity index (χ0) is 12.8. The van der Waals surface area contributed by atoms with Crippen molar-refractivity contribution in [1.29, 1.82) is 0 Å². The van der Waals surface area contributed by atoms with E-state index in [0.29, 0.717) is 0 Å². The molecule has 2 rings (SSSR count). The predicted octanol–water partition coefficient (Wildman–Crippen LogP) is 3.66. The number of hydrogen-bond acceptors (Lipinski definition) is 3. The van der Waals surface area contributed by atoms with Crippen LogP contribution in [0.5, 0.6) is 5.75 Å². The molecule has 3 nitrogen and oxygen atoms in total. The molecule has 0 spiro atoms. The SMILES string of the molecule is CCCOc1cccc(NCCC2CCC2)c1N. The Balaban J connectivity index is 1.86. The molecule has 1 aliphatic carbocycles. The molecule has 1 fully saturated rings. The highest BCUT2D eigenvalue weighted by atomic mass is 16.5. The van der Waals surface area contributed by atoms with E-state index in [2.05, 4.69) is 12.2 Å². The summed E-state index contributed by atoms with van der Waals surface area (Å²) in [5.41, 5.74) is 7.84. The molecule has 0 saturated heterocycles. The lowest BCUT2D eigenvalue weighted by Gasteiger charge is -2.25. The Kier molecular flexibility index (Phi) is 4.73. The number of hydrogen-bond donors (Lipinski definition) is 2. The maximum atomic E-state index is 6.10. The summed E-state index contributed by atoms with van der Waals surface area (Å²) in [5, 5.41) is 3.42. The van der Waals surface area contributed by atoms with Crippen LogP contribution in [-0.2, 0) is 0 Å². The van der Waals surface area contributed by atoms with Crippen molar-refractivity contribution < 1.29 is 4.74 Å². The molecular weight excluding hydrogens is 224 g/mol. The van der Waals surface area contributed by atoms with Crippen molar-refractivity contribution in [1.82, 2.24) is 0 Å². The summed E-state index contributed by atoms with van der Waals surface area (Å²) in [5.74, 6) is 1.73. The van der Waals surface area contributed by atoms with E-state index in [4.69, 9.17) is 10.5 Å². The van der Waals surface area contributed by atoms with Crippen LogP contribution in [0.15, 0.2) is 18.2 Å². The number of anilines is 2. The Morgan fingerprint density at radius 2 is 2.22 bits per heavy atom. The Morgan fingerprint density at radius 3 is 2.89 bits per heavy atom. The van der Waals surface area contributed by atoms with Gasteiger partial charge in [0.2, 0.25) is 0 Å². The van der Waals surface area contributed by atoms with Gasteiger partial charge in [-0.15, -0.1) is 0 Å². The smallest absolute Gasteiger partial charge is 0.144 e. The van der Waals surface area contributed by atoms with Gasteiger partial charge in [-0.3, -0.25) is 0 Å². The summed E-state index contributed by atoms with van der Waals surface area (Å²) in [6.45, 7) is 3.82. The molecule has 0 aliphatic heterocycles. The standard InChI is InChI=1S/C15H24N2O/c1-2-11-18-14-8-4-7-13(15(14)16)17-10-9-12-5-3-6-12/h4,7-8,12,17H,2-3,5-6,9-11,16H2,1H3. The molecule has 3 N–H and O–H groups in total. The van der Waals surface area contributed by atoms with Gasteiger partial charge < -0.3 is 15.8 Å². The third-order valence-corrected chi connectivity index (χ3v) is 3.62. The largest absolute Gasteiger partial charge is 0.491 e. The van der Waals surface area contributed by atoms with Crippen molar-refractivity contribution in [3.05, 3.63) is 18.2 Å². The third kappa shape index (κ3) is 3.31. The minimum Gasteiger partial charge on any atom is -0.491 e. The van der Waals surface area contributed by atoms with Crippen molar-refractivity contribution in [2.75, 3.05) is 24.2 Å². The number of nitrogens with one attached hydrogen (secondary N) is 1. The zero-order valence-electron chi connectivity index (χ0n) is 11.2. The normalized spacial score (nSPS) is 15.2.